The second-order valence-corrected chi connectivity index (χ2v) is 7.47. The summed E-state index contributed by atoms with van der Waals surface area (Å²) in [6.07, 6.45) is 2.15. The standard InChI is InChI=1S/C14H18N2O4S/c17-14(18)11-3-1-5-13(9-11)21(19,20)16-8-7-15-6-2-4-12(15)10-16/h1,3,5,9,12H,2,4,6-8,10H2,(H,17,18). The summed E-state index contributed by atoms with van der Waals surface area (Å²) in [6.45, 7) is 2.77. The molecular weight excluding hydrogens is 292 g/mol. The monoisotopic (exact) mass is 310 g/mol. The molecular formula is C14H18N2O4S. The van der Waals surface area contributed by atoms with Crippen molar-refractivity contribution in [3.8, 4) is 0 Å². The SMILES string of the molecule is O=C(O)c1cccc(S(=O)(=O)N2CCN3CCCC3C2)c1. The predicted octanol–water partition coefficient (Wildman–Crippen LogP) is 0.853. The van der Waals surface area contributed by atoms with E-state index in [1.165, 1.54) is 28.6 Å². The number of rotatable bonds is 3. The van der Waals surface area contributed by atoms with Crippen LogP contribution in [0.25, 0.3) is 0 Å². The molecule has 7 heteroatoms. The van der Waals surface area contributed by atoms with Gasteiger partial charge in [0, 0.05) is 25.7 Å². The number of aromatic carboxylic acids is 1. The first-order chi connectivity index (χ1) is 9.98. The van der Waals surface area contributed by atoms with Crippen molar-refractivity contribution in [3.63, 3.8) is 0 Å². The topological polar surface area (TPSA) is 77.9 Å². The normalized spacial score (nSPS) is 23.9. The fraction of sp³-hybridized carbons (Fsp3) is 0.500. The number of hydrogen-bond donors (Lipinski definition) is 1. The third-order valence-electron chi connectivity index (χ3n) is 4.27. The van der Waals surface area contributed by atoms with Gasteiger partial charge in [-0.1, -0.05) is 6.07 Å². The Labute approximate surface area is 124 Å². The molecule has 21 heavy (non-hydrogen) atoms. The molecule has 2 saturated heterocycles. The smallest absolute Gasteiger partial charge is 0.335 e. The lowest BCUT2D eigenvalue weighted by Gasteiger charge is -2.36. The average molecular weight is 310 g/mol. The number of benzene rings is 1. The summed E-state index contributed by atoms with van der Waals surface area (Å²) in [6, 6.07) is 5.87. The van der Waals surface area contributed by atoms with Gasteiger partial charge in [0.15, 0.2) is 0 Å². The van der Waals surface area contributed by atoms with Gasteiger partial charge in [-0.3, -0.25) is 4.90 Å². The molecule has 2 aliphatic rings. The van der Waals surface area contributed by atoms with Crippen LogP contribution in [0.5, 0.6) is 0 Å². The van der Waals surface area contributed by atoms with Crippen LogP contribution in [-0.4, -0.2) is 60.9 Å². The van der Waals surface area contributed by atoms with Gasteiger partial charge in [0.25, 0.3) is 0 Å². The van der Waals surface area contributed by atoms with Gasteiger partial charge in [0.2, 0.25) is 10.0 Å². The van der Waals surface area contributed by atoms with E-state index >= 15 is 0 Å². The number of carboxylic acid groups (broad SMARTS) is 1. The minimum atomic E-state index is -3.61. The Balaban J connectivity index is 1.86. The van der Waals surface area contributed by atoms with Gasteiger partial charge in [0.05, 0.1) is 10.5 Å². The van der Waals surface area contributed by atoms with Gasteiger partial charge < -0.3 is 5.11 Å². The van der Waals surface area contributed by atoms with Crippen molar-refractivity contribution in [2.45, 2.75) is 23.8 Å². The van der Waals surface area contributed by atoms with E-state index in [0.29, 0.717) is 19.1 Å². The zero-order valence-corrected chi connectivity index (χ0v) is 12.4. The van der Waals surface area contributed by atoms with Gasteiger partial charge in [-0.25, -0.2) is 13.2 Å². The van der Waals surface area contributed by atoms with E-state index in [1.54, 1.807) is 0 Å². The maximum Gasteiger partial charge on any atom is 0.335 e. The highest BCUT2D eigenvalue weighted by atomic mass is 32.2. The van der Waals surface area contributed by atoms with E-state index in [9.17, 15) is 13.2 Å². The Hall–Kier alpha value is -1.44. The first-order valence-corrected chi connectivity index (χ1v) is 8.50. The Morgan fingerprint density at radius 1 is 1.24 bits per heavy atom. The number of carbonyl (C=O) groups is 1. The zero-order chi connectivity index (χ0) is 15.0. The van der Waals surface area contributed by atoms with E-state index in [2.05, 4.69) is 4.90 Å². The second-order valence-electron chi connectivity index (χ2n) is 5.53. The Bertz CT molecular complexity index is 659. The molecule has 0 radical (unpaired) electrons. The van der Waals surface area contributed by atoms with Gasteiger partial charge in [-0.05, 0) is 37.6 Å². The van der Waals surface area contributed by atoms with Crippen molar-refractivity contribution in [1.29, 1.82) is 0 Å². The molecule has 0 bridgehead atoms. The van der Waals surface area contributed by atoms with Crippen molar-refractivity contribution in [3.05, 3.63) is 29.8 Å². The first-order valence-electron chi connectivity index (χ1n) is 7.06. The minimum absolute atomic E-state index is 0.00410. The van der Waals surface area contributed by atoms with Gasteiger partial charge >= 0.3 is 5.97 Å². The Morgan fingerprint density at radius 3 is 2.81 bits per heavy atom. The predicted molar refractivity (Wildman–Crippen MR) is 76.8 cm³/mol. The van der Waals surface area contributed by atoms with Crippen molar-refractivity contribution >= 4 is 16.0 Å². The maximum absolute atomic E-state index is 12.7. The molecule has 0 saturated carbocycles. The fourth-order valence-corrected chi connectivity index (χ4v) is 4.63. The largest absolute Gasteiger partial charge is 0.478 e. The van der Waals surface area contributed by atoms with E-state index in [1.807, 2.05) is 0 Å². The molecule has 2 heterocycles. The number of carboxylic acids is 1. The minimum Gasteiger partial charge on any atom is -0.478 e. The van der Waals surface area contributed by atoms with E-state index < -0.39 is 16.0 Å². The number of nitrogens with zero attached hydrogens (tertiary/aromatic N) is 2. The average Bonchev–Trinajstić information content (AvgIpc) is 2.94. The summed E-state index contributed by atoms with van der Waals surface area (Å²) >= 11 is 0. The molecule has 1 N–H and O–H groups in total. The van der Waals surface area contributed by atoms with Crippen molar-refractivity contribution in [1.82, 2.24) is 9.21 Å². The van der Waals surface area contributed by atoms with Crippen LogP contribution in [0, 0.1) is 0 Å². The summed E-state index contributed by atoms with van der Waals surface area (Å²) < 4.78 is 26.8. The van der Waals surface area contributed by atoms with E-state index in [-0.39, 0.29) is 10.5 Å². The summed E-state index contributed by atoms with van der Waals surface area (Å²) in [4.78, 5) is 13.4. The molecule has 1 atom stereocenters. The number of fused-ring (bicyclic) bond motifs is 1. The Kier molecular flexibility index (Phi) is 3.73. The summed E-state index contributed by atoms with van der Waals surface area (Å²) in [5.41, 5.74) is -0.00410. The van der Waals surface area contributed by atoms with E-state index in [4.69, 9.17) is 5.11 Å². The molecule has 2 aliphatic heterocycles. The molecule has 0 spiro atoms. The molecule has 3 rings (SSSR count). The van der Waals surface area contributed by atoms with Crippen LogP contribution in [0.4, 0.5) is 0 Å². The van der Waals surface area contributed by atoms with Gasteiger partial charge in [-0.2, -0.15) is 4.31 Å². The second kappa shape index (κ2) is 5.40. The summed E-state index contributed by atoms with van der Waals surface area (Å²) in [5.74, 6) is -1.12. The number of hydrogen-bond acceptors (Lipinski definition) is 4. The molecule has 6 nitrogen and oxygen atoms in total. The molecule has 114 valence electrons. The van der Waals surface area contributed by atoms with Crippen molar-refractivity contribution < 1.29 is 18.3 Å². The highest BCUT2D eigenvalue weighted by molar-refractivity contribution is 7.89. The van der Waals surface area contributed by atoms with Gasteiger partial charge in [0.1, 0.15) is 0 Å². The lowest BCUT2D eigenvalue weighted by atomic mass is 10.2. The molecule has 2 fully saturated rings. The number of sulfonamides is 1. The summed E-state index contributed by atoms with van der Waals surface area (Å²) in [7, 11) is -3.61. The van der Waals surface area contributed by atoms with Crippen LogP contribution in [0.2, 0.25) is 0 Å². The summed E-state index contributed by atoms with van der Waals surface area (Å²) in [5, 5.41) is 8.99. The molecule has 1 aromatic rings. The molecule has 0 aromatic heterocycles. The van der Waals surface area contributed by atoms with Crippen LogP contribution < -0.4 is 0 Å². The lowest BCUT2D eigenvalue weighted by Crippen LogP contribution is -2.51. The highest BCUT2D eigenvalue weighted by Gasteiger charge is 2.36. The third-order valence-corrected chi connectivity index (χ3v) is 6.13. The van der Waals surface area contributed by atoms with Crippen LogP contribution >= 0.6 is 0 Å². The van der Waals surface area contributed by atoms with Crippen molar-refractivity contribution in [2.75, 3.05) is 26.2 Å². The Morgan fingerprint density at radius 2 is 2.05 bits per heavy atom. The van der Waals surface area contributed by atoms with Crippen molar-refractivity contribution in [2.24, 2.45) is 0 Å². The molecule has 1 aromatic carbocycles. The van der Waals surface area contributed by atoms with Crippen LogP contribution in [-0.2, 0) is 10.0 Å². The lowest BCUT2D eigenvalue weighted by molar-refractivity contribution is 0.0696. The quantitative estimate of drug-likeness (QED) is 0.895. The maximum atomic E-state index is 12.7. The van der Waals surface area contributed by atoms with Gasteiger partial charge in [-0.15, -0.1) is 0 Å². The van der Waals surface area contributed by atoms with Crippen LogP contribution in [0.15, 0.2) is 29.2 Å². The highest BCUT2D eigenvalue weighted by Crippen LogP contribution is 2.26. The molecule has 0 aliphatic carbocycles. The molecule has 0 amide bonds. The first kappa shape index (κ1) is 14.5. The third kappa shape index (κ3) is 2.68. The fourth-order valence-electron chi connectivity index (χ4n) is 3.12. The molecule has 1 unspecified atom stereocenters. The van der Waals surface area contributed by atoms with E-state index in [0.717, 1.165) is 25.9 Å². The van der Waals surface area contributed by atoms with Crippen LogP contribution in [0.3, 0.4) is 0 Å². The van der Waals surface area contributed by atoms with Crippen LogP contribution in [0.1, 0.15) is 23.2 Å². The zero-order valence-electron chi connectivity index (χ0n) is 11.6. The number of piperazine rings is 1.